The van der Waals surface area contributed by atoms with E-state index in [1.54, 1.807) is 26.2 Å². The number of nitrogens with two attached hydrogens (primary N) is 2. The van der Waals surface area contributed by atoms with Gasteiger partial charge in [0.05, 0.1) is 19.8 Å². The average molecular weight is 558 g/mol. The topological polar surface area (TPSA) is 150 Å². The van der Waals surface area contributed by atoms with Crippen molar-refractivity contribution in [1.82, 2.24) is 10.6 Å². The van der Waals surface area contributed by atoms with E-state index in [4.69, 9.17) is 19.9 Å². The van der Waals surface area contributed by atoms with Gasteiger partial charge in [0.25, 0.3) is 0 Å². The highest BCUT2D eigenvalue weighted by Crippen LogP contribution is 2.02. The highest BCUT2D eigenvalue weighted by Gasteiger charge is 2.16. The third kappa shape index (κ3) is 19.4. The Balaban J connectivity index is 0.00000128. The molecule has 0 aliphatic rings. The van der Waals surface area contributed by atoms with Crippen molar-refractivity contribution in [3.8, 4) is 0 Å². The first-order valence-electron chi connectivity index (χ1n) is 13.3. The number of methoxy groups -OCH3 is 1. The number of carbonyl (C=O) groups excluding carboxylic acids is 2. The van der Waals surface area contributed by atoms with E-state index in [0.717, 1.165) is 43.4 Å². The second kappa shape index (κ2) is 25.5. The number of benzene rings is 2. The number of nitrogens with zero attached hydrogens (tertiary/aromatic N) is 1. The van der Waals surface area contributed by atoms with Crippen molar-refractivity contribution in [2.24, 2.45) is 16.5 Å². The SMILES string of the molecule is C=C(NCCCCOC)OCCN=C(N)[C@@H](COCc1ccccc1)NC(=O)CC.CN.O=Cc1ccccc1. The van der Waals surface area contributed by atoms with Gasteiger partial charge in [-0.3, -0.25) is 14.6 Å². The fraction of sp³-hybridized carbons (Fsp3) is 0.433. The van der Waals surface area contributed by atoms with Crippen molar-refractivity contribution in [3.63, 3.8) is 0 Å². The Kier molecular flexibility index (Phi) is 23.2. The third-order valence-corrected chi connectivity index (χ3v) is 5.10. The first-order valence-corrected chi connectivity index (χ1v) is 13.3. The van der Waals surface area contributed by atoms with Crippen LogP contribution in [-0.4, -0.2) is 71.1 Å². The molecule has 2 aromatic carbocycles. The minimum atomic E-state index is -0.483. The number of hydrogen-bond donors (Lipinski definition) is 4. The van der Waals surface area contributed by atoms with E-state index >= 15 is 0 Å². The van der Waals surface area contributed by atoms with Crippen molar-refractivity contribution in [1.29, 1.82) is 0 Å². The van der Waals surface area contributed by atoms with Gasteiger partial charge in [0.15, 0.2) is 5.88 Å². The summed E-state index contributed by atoms with van der Waals surface area (Å²) in [6.45, 7) is 8.50. The van der Waals surface area contributed by atoms with Crippen LogP contribution < -0.4 is 22.1 Å². The van der Waals surface area contributed by atoms with Crippen molar-refractivity contribution in [3.05, 3.63) is 84.3 Å². The molecule has 0 bridgehead atoms. The van der Waals surface area contributed by atoms with Crippen LogP contribution in [0.5, 0.6) is 0 Å². The molecule has 0 heterocycles. The molecule has 1 atom stereocenters. The van der Waals surface area contributed by atoms with Crippen LogP contribution in [0.1, 0.15) is 42.1 Å². The molecule has 6 N–H and O–H groups in total. The van der Waals surface area contributed by atoms with Gasteiger partial charge in [0.1, 0.15) is 24.8 Å². The Morgan fingerprint density at radius 1 is 1.05 bits per heavy atom. The van der Waals surface area contributed by atoms with Crippen LogP contribution in [-0.2, 0) is 25.6 Å². The molecule has 0 unspecified atom stereocenters. The lowest BCUT2D eigenvalue weighted by atomic mass is 10.2. The summed E-state index contributed by atoms with van der Waals surface area (Å²) in [6.07, 6.45) is 3.15. The van der Waals surface area contributed by atoms with E-state index in [-0.39, 0.29) is 12.5 Å². The molecule has 0 aliphatic heterocycles. The number of rotatable bonds is 18. The molecule has 2 aromatic rings. The molecule has 1 amide bonds. The number of nitrogens with one attached hydrogen (secondary N) is 2. The van der Waals surface area contributed by atoms with E-state index in [1.807, 2.05) is 48.5 Å². The van der Waals surface area contributed by atoms with Gasteiger partial charge < -0.3 is 36.3 Å². The molecule has 222 valence electrons. The molecule has 0 radical (unpaired) electrons. The van der Waals surface area contributed by atoms with E-state index in [9.17, 15) is 9.59 Å². The van der Waals surface area contributed by atoms with Crippen molar-refractivity contribution < 1.29 is 23.8 Å². The summed E-state index contributed by atoms with van der Waals surface area (Å²) >= 11 is 0. The predicted molar refractivity (Wildman–Crippen MR) is 161 cm³/mol. The van der Waals surface area contributed by atoms with Gasteiger partial charge in [-0.05, 0) is 32.0 Å². The van der Waals surface area contributed by atoms with Crippen molar-refractivity contribution in [2.45, 2.75) is 38.8 Å². The molecule has 0 fully saturated rings. The number of amidine groups is 1. The molecule has 0 aromatic heterocycles. The number of carbonyl (C=O) groups is 2. The van der Waals surface area contributed by atoms with Gasteiger partial charge in [-0.1, -0.05) is 67.6 Å². The molecule has 10 nitrogen and oxygen atoms in total. The fourth-order valence-electron chi connectivity index (χ4n) is 3.00. The Hall–Kier alpha value is -3.73. The quantitative estimate of drug-likeness (QED) is 0.0718. The molecule has 0 saturated heterocycles. The van der Waals surface area contributed by atoms with Crippen LogP contribution in [0.3, 0.4) is 0 Å². The van der Waals surface area contributed by atoms with Gasteiger partial charge >= 0.3 is 0 Å². The summed E-state index contributed by atoms with van der Waals surface area (Å²) in [7, 11) is 3.19. The predicted octanol–water partition coefficient (Wildman–Crippen LogP) is 3.03. The van der Waals surface area contributed by atoms with Crippen molar-refractivity contribution in [2.75, 3.05) is 47.1 Å². The Morgan fingerprint density at radius 2 is 1.70 bits per heavy atom. The smallest absolute Gasteiger partial charge is 0.220 e. The van der Waals surface area contributed by atoms with Crippen LogP contribution >= 0.6 is 0 Å². The normalized spacial score (nSPS) is 11.1. The second-order valence-electron chi connectivity index (χ2n) is 8.21. The summed E-state index contributed by atoms with van der Waals surface area (Å²) in [5, 5.41) is 5.95. The van der Waals surface area contributed by atoms with Gasteiger partial charge in [-0.25, -0.2) is 0 Å². The summed E-state index contributed by atoms with van der Waals surface area (Å²) in [6, 6.07) is 18.4. The number of amides is 1. The van der Waals surface area contributed by atoms with E-state index in [2.05, 4.69) is 27.9 Å². The van der Waals surface area contributed by atoms with Gasteiger partial charge in [-0.2, -0.15) is 0 Å². The highest BCUT2D eigenvalue weighted by atomic mass is 16.5. The van der Waals surface area contributed by atoms with E-state index in [1.165, 1.54) is 7.05 Å². The van der Waals surface area contributed by atoms with Crippen molar-refractivity contribution >= 4 is 18.0 Å². The minimum absolute atomic E-state index is 0.108. The maximum absolute atomic E-state index is 11.8. The Morgan fingerprint density at radius 3 is 2.27 bits per heavy atom. The number of ether oxygens (including phenoxy) is 3. The molecular weight excluding hydrogens is 510 g/mol. The average Bonchev–Trinajstić information content (AvgIpc) is 3.00. The largest absolute Gasteiger partial charge is 0.478 e. The number of aliphatic imine (C=N–C) groups is 1. The lowest BCUT2D eigenvalue weighted by Gasteiger charge is -2.18. The Bertz CT molecular complexity index is 942. The zero-order chi connectivity index (χ0) is 29.8. The number of aldehydes is 1. The van der Waals surface area contributed by atoms with Crippen LogP contribution in [0.25, 0.3) is 0 Å². The Labute approximate surface area is 239 Å². The summed E-state index contributed by atoms with van der Waals surface area (Å²) in [5.41, 5.74) is 12.4. The molecule has 0 saturated carbocycles. The first-order chi connectivity index (χ1) is 19.5. The number of hydrogen-bond acceptors (Lipinski definition) is 8. The molecular formula is C30H47N5O5. The minimum Gasteiger partial charge on any atom is -0.478 e. The van der Waals surface area contributed by atoms with Crippen LogP contribution in [0.4, 0.5) is 0 Å². The van der Waals surface area contributed by atoms with E-state index < -0.39 is 6.04 Å². The molecule has 40 heavy (non-hydrogen) atoms. The van der Waals surface area contributed by atoms with Gasteiger partial charge in [0.2, 0.25) is 5.91 Å². The zero-order valence-corrected chi connectivity index (χ0v) is 24.1. The van der Waals surface area contributed by atoms with Gasteiger partial charge in [-0.15, -0.1) is 0 Å². The zero-order valence-electron chi connectivity index (χ0n) is 24.1. The fourth-order valence-corrected chi connectivity index (χ4v) is 3.00. The van der Waals surface area contributed by atoms with Crippen LogP contribution in [0.15, 0.2) is 78.1 Å². The standard InChI is InChI=1S/C22H36N4O4.C7H6O.CH5N/c1-4-21(27)26-20(17-29-16-19-10-6-5-7-11-19)22(23)25-13-15-30-18(2)24-12-8-9-14-28-3;8-6-7-4-2-1-3-5-7;1-2/h5-7,10-11,20,24H,2,4,8-9,12-17H2,1,3H3,(H2,23,25)(H,26,27);1-6H;2H2,1H3/t20-;;/m1../s1. The third-order valence-electron chi connectivity index (χ3n) is 5.10. The molecule has 2 rings (SSSR count). The van der Waals surface area contributed by atoms with Gasteiger partial charge in [0, 0.05) is 32.2 Å². The molecule has 0 spiro atoms. The lowest BCUT2D eigenvalue weighted by molar-refractivity contribution is -0.121. The first kappa shape index (κ1) is 36.3. The van der Waals surface area contributed by atoms with Crippen LogP contribution in [0, 0.1) is 0 Å². The lowest BCUT2D eigenvalue weighted by Crippen LogP contribution is -2.47. The molecule has 10 heteroatoms. The highest BCUT2D eigenvalue weighted by molar-refractivity contribution is 5.90. The molecule has 0 aliphatic carbocycles. The van der Waals surface area contributed by atoms with E-state index in [0.29, 0.717) is 37.9 Å². The monoisotopic (exact) mass is 557 g/mol. The maximum Gasteiger partial charge on any atom is 0.220 e. The van der Waals surface area contributed by atoms with Crippen LogP contribution in [0.2, 0.25) is 0 Å². The number of unbranched alkanes of at least 4 members (excludes halogenated alkanes) is 1. The summed E-state index contributed by atoms with van der Waals surface area (Å²) in [4.78, 5) is 26.1. The summed E-state index contributed by atoms with van der Waals surface area (Å²) < 4.78 is 16.2. The second-order valence-corrected chi connectivity index (χ2v) is 8.21. The summed E-state index contributed by atoms with van der Waals surface area (Å²) in [5.74, 6) is 0.707. The maximum atomic E-state index is 11.8.